The van der Waals surface area contributed by atoms with Gasteiger partial charge in [-0.2, -0.15) is 4.31 Å². The van der Waals surface area contributed by atoms with Crippen LogP contribution in [0.4, 0.5) is 0 Å². The first-order valence-corrected chi connectivity index (χ1v) is 8.30. The molecule has 0 spiro atoms. The van der Waals surface area contributed by atoms with Gasteiger partial charge in [0.15, 0.2) is 0 Å². The molecule has 0 saturated carbocycles. The fourth-order valence-electron chi connectivity index (χ4n) is 2.12. The van der Waals surface area contributed by atoms with Crippen molar-refractivity contribution in [3.05, 3.63) is 0 Å². The number of nitrogens with one attached hydrogen (secondary N) is 1. The van der Waals surface area contributed by atoms with Crippen molar-refractivity contribution in [1.29, 1.82) is 0 Å². The molecule has 1 aliphatic rings. The van der Waals surface area contributed by atoms with Gasteiger partial charge in [-0.1, -0.05) is 6.92 Å². The number of nitrogens with zero attached hydrogens (tertiary/aromatic N) is 2. The molecule has 6 heteroatoms. The van der Waals surface area contributed by atoms with Gasteiger partial charge >= 0.3 is 0 Å². The Hall–Kier alpha value is -0.170. The number of hydrogen-bond acceptors (Lipinski definition) is 4. The maximum Gasteiger partial charge on any atom is 0.214 e. The zero-order valence-electron chi connectivity index (χ0n) is 12.1. The Balaban J connectivity index is 2.53. The van der Waals surface area contributed by atoms with Gasteiger partial charge in [-0.15, -0.1) is 0 Å². The first kappa shape index (κ1) is 15.9. The van der Waals surface area contributed by atoms with Crippen molar-refractivity contribution in [3.8, 4) is 0 Å². The average Bonchev–Trinajstić information content (AvgIpc) is 2.28. The third-order valence-electron chi connectivity index (χ3n) is 3.68. The van der Waals surface area contributed by atoms with Crippen LogP contribution in [0.5, 0.6) is 0 Å². The summed E-state index contributed by atoms with van der Waals surface area (Å²) >= 11 is 0. The van der Waals surface area contributed by atoms with Gasteiger partial charge < -0.3 is 5.32 Å². The van der Waals surface area contributed by atoms with Crippen LogP contribution in [0.2, 0.25) is 0 Å². The monoisotopic (exact) mass is 277 g/mol. The van der Waals surface area contributed by atoms with E-state index < -0.39 is 10.0 Å². The normalized spacial score (nSPS) is 22.2. The minimum absolute atomic E-state index is 0.0764. The lowest BCUT2D eigenvalue weighted by Crippen LogP contribution is -2.59. The summed E-state index contributed by atoms with van der Waals surface area (Å²) in [5, 5.41) is 3.16. The number of piperazine rings is 1. The molecule has 1 rings (SSSR count). The van der Waals surface area contributed by atoms with Crippen LogP contribution in [0.3, 0.4) is 0 Å². The highest BCUT2D eigenvalue weighted by Gasteiger charge is 2.35. The quantitative estimate of drug-likeness (QED) is 0.712. The molecule has 0 bridgehead atoms. The van der Waals surface area contributed by atoms with Gasteiger partial charge in [0.25, 0.3) is 0 Å². The lowest BCUT2D eigenvalue weighted by atomic mass is 10.0. The van der Waals surface area contributed by atoms with E-state index in [2.05, 4.69) is 31.1 Å². The standard InChI is InChI=1S/C12H27N3O2S/c1-5-13-7-6-10-18(16,17)15-9-8-14(4)12(2,3)11-15/h13H,5-11H2,1-4H3. The smallest absolute Gasteiger partial charge is 0.214 e. The summed E-state index contributed by atoms with van der Waals surface area (Å²) in [7, 11) is -1.04. The Bertz CT molecular complexity index is 354. The molecule has 108 valence electrons. The number of rotatable bonds is 6. The Morgan fingerprint density at radius 1 is 1.28 bits per heavy atom. The molecule has 1 heterocycles. The van der Waals surface area contributed by atoms with Crippen LogP contribution < -0.4 is 5.32 Å². The summed E-state index contributed by atoms with van der Waals surface area (Å²) in [6, 6.07) is 0. The Kier molecular flexibility index (Phi) is 5.58. The molecule has 0 radical (unpaired) electrons. The van der Waals surface area contributed by atoms with Crippen LogP contribution in [0.25, 0.3) is 0 Å². The maximum absolute atomic E-state index is 12.2. The molecule has 0 aromatic carbocycles. The second-order valence-electron chi connectivity index (χ2n) is 5.59. The lowest BCUT2D eigenvalue weighted by Gasteiger charge is -2.44. The summed E-state index contributed by atoms with van der Waals surface area (Å²) in [5.41, 5.74) is -0.0764. The molecule has 1 fully saturated rings. The van der Waals surface area contributed by atoms with E-state index in [1.807, 2.05) is 6.92 Å². The highest BCUT2D eigenvalue weighted by atomic mass is 32.2. The van der Waals surface area contributed by atoms with E-state index in [1.165, 1.54) is 0 Å². The van der Waals surface area contributed by atoms with E-state index in [9.17, 15) is 8.42 Å². The van der Waals surface area contributed by atoms with E-state index in [4.69, 9.17) is 0 Å². The van der Waals surface area contributed by atoms with Crippen LogP contribution in [-0.2, 0) is 10.0 Å². The molecule has 0 atom stereocenters. The predicted molar refractivity (Wildman–Crippen MR) is 75.2 cm³/mol. The summed E-state index contributed by atoms with van der Waals surface area (Å²) in [4.78, 5) is 2.22. The van der Waals surface area contributed by atoms with Crippen molar-refractivity contribution in [3.63, 3.8) is 0 Å². The molecule has 5 nitrogen and oxygen atoms in total. The molecule has 1 aliphatic heterocycles. The van der Waals surface area contributed by atoms with E-state index in [0.29, 0.717) is 19.5 Å². The van der Waals surface area contributed by atoms with E-state index in [-0.39, 0.29) is 11.3 Å². The first-order chi connectivity index (χ1) is 8.29. The first-order valence-electron chi connectivity index (χ1n) is 6.69. The molecule has 1 N–H and O–H groups in total. The SMILES string of the molecule is CCNCCCS(=O)(=O)N1CCN(C)C(C)(C)C1. The fourth-order valence-corrected chi connectivity index (χ4v) is 3.76. The minimum Gasteiger partial charge on any atom is -0.317 e. The molecule has 1 saturated heterocycles. The van der Waals surface area contributed by atoms with Crippen LogP contribution in [-0.4, -0.2) is 68.7 Å². The van der Waals surface area contributed by atoms with Crippen LogP contribution >= 0.6 is 0 Å². The third kappa shape index (κ3) is 4.19. The molecule has 0 unspecified atom stereocenters. The number of hydrogen-bond donors (Lipinski definition) is 1. The second-order valence-corrected chi connectivity index (χ2v) is 7.68. The van der Waals surface area contributed by atoms with Gasteiger partial charge in [-0.05, 0) is 40.4 Å². The van der Waals surface area contributed by atoms with E-state index in [1.54, 1.807) is 4.31 Å². The highest BCUT2D eigenvalue weighted by molar-refractivity contribution is 7.89. The molecule has 0 aliphatic carbocycles. The number of likely N-dealkylation sites (N-methyl/N-ethyl adjacent to an activating group) is 1. The Morgan fingerprint density at radius 3 is 2.50 bits per heavy atom. The molecular weight excluding hydrogens is 250 g/mol. The lowest BCUT2D eigenvalue weighted by molar-refractivity contribution is 0.0801. The average molecular weight is 277 g/mol. The molecule has 0 amide bonds. The zero-order chi connectivity index (χ0) is 13.8. The Morgan fingerprint density at radius 2 is 1.94 bits per heavy atom. The second kappa shape index (κ2) is 6.32. The van der Waals surface area contributed by atoms with Crippen molar-refractivity contribution < 1.29 is 8.42 Å². The van der Waals surface area contributed by atoms with Crippen molar-refractivity contribution in [2.24, 2.45) is 0 Å². The van der Waals surface area contributed by atoms with Crippen molar-refractivity contribution in [1.82, 2.24) is 14.5 Å². The van der Waals surface area contributed by atoms with Crippen molar-refractivity contribution >= 4 is 10.0 Å². The number of sulfonamides is 1. The maximum atomic E-state index is 12.2. The van der Waals surface area contributed by atoms with Crippen molar-refractivity contribution in [2.45, 2.75) is 32.7 Å². The Labute approximate surface area is 112 Å². The minimum atomic E-state index is -3.09. The van der Waals surface area contributed by atoms with Crippen molar-refractivity contribution in [2.75, 3.05) is 45.5 Å². The van der Waals surface area contributed by atoms with E-state index >= 15 is 0 Å². The summed E-state index contributed by atoms with van der Waals surface area (Å²) in [6.07, 6.45) is 0.683. The summed E-state index contributed by atoms with van der Waals surface area (Å²) in [5.74, 6) is 0.250. The van der Waals surface area contributed by atoms with Gasteiger partial charge in [0.1, 0.15) is 0 Å². The highest BCUT2D eigenvalue weighted by Crippen LogP contribution is 2.21. The zero-order valence-corrected chi connectivity index (χ0v) is 12.9. The predicted octanol–water partition coefficient (Wildman–Crippen LogP) is 0.342. The topological polar surface area (TPSA) is 52.7 Å². The van der Waals surface area contributed by atoms with Gasteiger partial charge in [0.05, 0.1) is 5.75 Å². The third-order valence-corrected chi connectivity index (χ3v) is 5.58. The van der Waals surface area contributed by atoms with Gasteiger partial charge in [0, 0.05) is 25.2 Å². The fraction of sp³-hybridized carbons (Fsp3) is 1.00. The van der Waals surface area contributed by atoms with Gasteiger partial charge in [-0.25, -0.2) is 8.42 Å². The van der Waals surface area contributed by atoms with Gasteiger partial charge in [0.2, 0.25) is 10.0 Å². The summed E-state index contributed by atoms with van der Waals surface area (Å²) < 4.78 is 26.1. The molecule has 0 aromatic heterocycles. The molecule has 18 heavy (non-hydrogen) atoms. The van der Waals surface area contributed by atoms with Crippen LogP contribution in [0, 0.1) is 0 Å². The molecular formula is C12H27N3O2S. The molecule has 0 aromatic rings. The van der Waals surface area contributed by atoms with Crippen LogP contribution in [0.15, 0.2) is 0 Å². The largest absolute Gasteiger partial charge is 0.317 e. The van der Waals surface area contributed by atoms with E-state index in [0.717, 1.165) is 19.6 Å². The van der Waals surface area contributed by atoms with Crippen LogP contribution in [0.1, 0.15) is 27.2 Å². The van der Waals surface area contributed by atoms with Gasteiger partial charge in [-0.3, -0.25) is 4.90 Å². The summed E-state index contributed by atoms with van der Waals surface area (Å²) in [6.45, 7) is 9.88.